The Hall–Kier alpha value is -2.24. The van der Waals surface area contributed by atoms with Crippen molar-refractivity contribution in [2.45, 2.75) is 51.6 Å². The third-order valence-electron chi connectivity index (χ3n) is 3.83. The van der Waals surface area contributed by atoms with Crippen LogP contribution in [0.25, 0.3) is 0 Å². The van der Waals surface area contributed by atoms with Crippen molar-refractivity contribution in [3.63, 3.8) is 0 Å². The molecule has 0 aliphatic heterocycles. The Morgan fingerprint density at radius 3 is 2.25 bits per heavy atom. The standard InChI is InChI=1S/C22H26O2/c1-3-4-5-9-17-22(2,23)18-16-19-12-14-21(15-13-19)24-20-10-7-6-8-11-20/h6-8,10-15,23H,3-5,9,17H2,1-2H3. The molecule has 2 nitrogen and oxygen atoms in total. The molecule has 1 atom stereocenters. The van der Waals surface area contributed by atoms with Crippen molar-refractivity contribution in [3.8, 4) is 23.3 Å². The average Bonchev–Trinajstić information content (AvgIpc) is 2.59. The minimum atomic E-state index is -0.924. The van der Waals surface area contributed by atoms with Crippen LogP contribution >= 0.6 is 0 Å². The molecule has 0 bridgehead atoms. The molecule has 0 radical (unpaired) electrons. The minimum Gasteiger partial charge on any atom is -0.457 e. The molecule has 24 heavy (non-hydrogen) atoms. The number of benzene rings is 2. The molecule has 2 aromatic carbocycles. The highest BCUT2D eigenvalue weighted by molar-refractivity contribution is 5.41. The van der Waals surface area contributed by atoms with E-state index in [9.17, 15) is 5.11 Å². The van der Waals surface area contributed by atoms with Gasteiger partial charge in [0.2, 0.25) is 0 Å². The van der Waals surface area contributed by atoms with Gasteiger partial charge in [-0.2, -0.15) is 0 Å². The van der Waals surface area contributed by atoms with Crippen LogP contribution in [0.5, 0.6) is 11.5 Å². The minimum absolute atomic E-state index is 0.717. The first-order valence-electron chi connectivity index (χ1n) is 8.67. The van der Waals surface area contributed by atoms with Gasteiger partial charge in [0.1, 0.15) is 17.1 Å². The second-order valence-electron chi connectivity index (χ2n) is 6.27. The maximum Gasteiger partial charge on any atom is 0.127 e. The van der Waals surface area contributed by atoms with Crippen LogP contribution in [0, 0.1) is 11.8 Å². The Morgan fingerprint density at radius 2 is 1.58 bits per heavy atom. The van der Waals surface area contributed by atoms with Gasteiger partial charge < -0.3 is 9.84 Å². The predicted molar refractivity (Wildman–Crippen MR) is 99.2 cm³/mol. The second-order valence-corrected chi connectivity index (χ2v) is 6.27. The Bertz CT molecular complexity index is 661. The van der Waals surface area contributed by atoms with Gasteiger partial charge >= 0.3 is 0 Å². The topological polar surface area (TPSA) is 29.5 Å². The van der Waals surface area contributed by atoms with E-state index in [4.69, 9.17) is 4.74 Å². The van der Waals surface area contributed by atoms with Gasteiger partial charge in [-0.25, -0.2) is 0 Å². The summed E-state index contributed by atoms with van der Waals surface area (Å²) in [5.41, 5.74) is -0.0447. The molecule has 0 aliphatic rings. The Kier molecular flexibility index (Phi) is 6.90. The summed E-state index contributed by atoms with van der Waals surface area (Å²) in [6, 6.07) is 17.3. The third kappa shape index (κ3) is 6.48. The lowest BCUT2D eigenvalue weighted by atomic mass is 9.98. The Balaban J connectivity index is 1.91. The largest absolute Gasteiger partial charge is 0.457 e. The zero-order valence-corrected chi connectivity index (χ0v) is 14.6. The van der Waals surface area contributed by atoms with E-state index in [1.54, 1.807) is 6.92 Å². The van der Waals surface area contributed by atoms with Crippen LogP contribution < -0.4 is 4.74 Å². The third-order valence-corrected chi connectivity index (χ3v) is 3.83. The second kappa shape index (κ2) is 9.15. The molecule has 0 heterocycles. The number of para-hydroxylation sites is 1. The van der Waals surface area contributed by atoms with Crippen LogP contribution in [0.15, 0.2) is 54.6 Å². The molecule has 0 aromatic heterocycles. The number of hydrogen-bond acceptors (Lipinski definition) is 2. The van der Waals surface area contributed by atoms with Crippen molar-refractivity contribution >= 4 is 0 Å². The maximum atomic E-state index is 10.3. The fourth-order valence-electron chi connectivity index (χ4n) is 2.40. The van der Waals surface area contributed by atoms with Crippen molar-refractivity contribution in [2.24, 2.45) is 0 Å². The van der Waals surface area contributed by atoms with Crippen LogP contribution in [0.2, 0.25) is 0 Å². The van der Waals surface area contributed by atoms with E-state index in [0.29, 0.717) is 0 Å². The number of hydrogen-bond donors (Lipinski definition) is 1. The lowest BCUT2D eigenvalue weighted by Crippen LogP contribution is -2.21. The van der Waals surface area contributed by atoms with Crippen molar-refractivity contribution in [1.82, 2.24) is 0 Å². The molecule has 0 amide bonds. The van der Waals surface area contributed by atoms with Crippen LogP contribution in [-0.4, -0.2) is 10.7 Å². The van der Waals surface area contributed by atoms with Gasteiger partial charge in [0, 0.05) is 5.56 Å². The smallest absolute Gasteiger partial charge is 0.127 e. The van der Waals surface area contributed by atoms with Gasteiger partial charge in [0.05, 0.1) is 0 Å². The van der Waals surface area contributed by atoms with Crippen molar-refractivity contribution in [2.75, 3.05) is 0 Å². The van der Waals surface area contributed by atoms with E-state index in [2.05, 4.69) is 18.8 Å². The van der Waals surface area contributed by atoms with Crippen molar-refractivity contribution in [1.29, 1.82) is 0 Å². The molecule has 0 spiro atoms. The summed E-state index contributed by atoms with van der Waals surface area (Å²) in [6.45, 7) is 3.97. The highest BCUT2D eigenvalue weighted by Crippen LogP contribution is 2.21. The number of ether oxygens (including phenoxy) is 1. The molecule has 2 heteroatoms. The first kappa shape index (κ1) is 18.1. The predicted octanol–water partition coefficient (Wildman–Crippen LogP) is 5.55. The van der Waals surface area contributed by atoms with Gasteiger partial charge in [-0.15, -0.1) is 0 Å². The molecule has 2 rings (SSSR count). The molecule has 0 saturated heterocycles. The first-order valence-corrected chi connectivity index (χ1v) is 8.67. The van der Waals surface area contributed by atoms with Crippen LogP contribution in [-0.2, 0) is 0 Å². The monoisotopic (exact) mass is 322 g/mol. The summed E-state index contributed by atoms with van der Waals surface area (Å²) >= 11 is 0. The fraction of sp³-hybridized carbons (Fsp3) is 0.364. The van der Waals surface area contributed by atoms with Gasteiger partial charge in [-0.3, -0.25) is 0 Å². The Morgan fingerprint density at radius 1 is 0.917 bits per heavy atom. The summed E-state index contributed by atoms with van der Waals surface area (Å²) < 4.78 is 5.76. The molecular formula is C22H26O2. The first-order chi connectivity index (χ1) is 11.6. The molecule has 0 saturated carbocycles. The molecule has 1 N–H and O–H groups in total. The Labute approximate surface area is 145 Å². The fourth-order valence-corrected chi connectivity index (χ4v) is 2.40. The van der Waals surface area contributed by atoms with Crippen LogP contribution in [0.3, 0.4) is 0 Å². The number of aliphatic hydroxyl groups is 1. The molecular weight excluding hydrogens is 296 g/mol. The lowest BCUT2D eigenvalue weighted by Gasteiger charge is -2.15. The summed E-state index contributed by atoms with van der Waals surface area (Å²) in [5.74, 6) is 7.63. The van der Waals surface area contributed by atoms with Gasteiger partial charge in [0.15, 0.2) is 0 Å². The van der Waals surface area contributed by atoms with E-state index in [0.717, 1.165) is 36.3 Å². The molecule has 0 aliphatic carbocycles. The molecule has 1 unspecified atom stereocenters. The van der Waals surface area contributed by atoms with E-state index in [1.165, 1.54) is 12.8 Å². The summed E-state index contributed by atoms with van der Waals surface area (Å²) in [4.78, 5) is 0. The zero-order valence-electron chi connectivity index (χ0n) is 14.6. The number of rotatable bonds is 7. The van der Waals surface area contributed by atoms with Gasteiger partial charge in [-0.1, -0.05) is 56.2 Å². The maximum absolute atomic E-state index is 10.3. The highest BCUT2D eigenvalue weighted by Gasteiger charge is 2.15. The van der Waals surface area contributed by atoms with Crippen molar-refractivity contribution < 1.29 is 9.84 Å². The highest BCUT2D eigenvalue weighted by atomic mass is 16.5. The van der Waals surface area contributed by atoms with E-state index in [1.807, 2.05) is 54.6 Å². The van der Waals surface area contributed by atoms with E-state index in [-0.39, 0.29) is 0 Å². The van der Waals surface area contributed by atoms with Gasteiger partial charge in [-0.05, 0) is 56.2 Å². The SMILES string of the molecule is CCCCCCC(C)(O)C#Cc1ccc(Oc2ccccc2)cc1. The lowest BCUT2D eigenvalue weighted by molar-refractivity contribution is 0.109. The summed E-state index contributed by atoms with van der Waals surface area (Å²) in [6.07, 6.45) is 5.30. The summed E-state index contributed by atoms with van der Waals surface area (Å²) in [7, 11) is 0. The molecule has 0 fully saturated rings. The molecule has 126 valence electrons. The number of unbranched alkanes of at least 4 members (excludes halogenated alkanes) is 3. The normalized spacial score (nSPS) is 12.8. The molecule has 2 aromatic rings. The average molecular weight is 322 g/mol. The zero-order chi connectivity index (χ0) is 17.3. The summed E-state index contributed by atoms with van der Waals surface area (Å²) in [5, 5.41) is 10.3. The van der Waals surface area contributed by atoms with Crippen molar-refractivity contribution in [3.05, 3.63) is 60.2 Å². The quantitative estimate of drug-likeness (QED) is 0.535. The van der Waals surface area contributed by atoms with E-state index >= 15 is 0 Å². The van der Waals surface area contributed by atoms with E-state index < -0.39 is 5.60 Å². The van der Waals surface area contributed by atoms with Gasteiger partial charge in [0.25, 0.3) is 0 Å². The van der Waals surface area contributed by atoms with Crippen LogP contribution in [0.4, 0.5) is 0 Å². The van der Waals surface area contributed by atoms with Crippen LogP contribution in [0.1, 0.15) is 51.5 Å².